The van der Waals surface area contributed by atoms with E-state index in [1.54, 1.807) is 11.3 Å². The van der Waals surface area contributed by atoms with Crippen molar-refractivity contribution < 1.29 is 0 Å². The number of hydrogen-bond acceptors (Lipinski definition) is 4. The SMILES string of the molecule is CCc1cnc(C(C)n2c(CCl)nc3ccc(C)nc32)s1. The lowest BCUT2D eigenvalue weighted by Gasteiger charge is -2.14. The van der Waals surface area contributed by atoms with Crippen LogP contribution in [0.5, 0.6) is 0 Å². The average Bonchev–Trinajstić information content (AvgIpc) is 3.10. The summed E-state index contributed by atoms with van der Waals surface area (Å²) in [5.41, 5.74) is 2.74. The molecule has 0 aliphatic heterocycles. The minimum Gasteiger partial charge on any atom is -0.302 e. The number of hydrogen-bond donors (Lipinski definition) is 0. The maximum Gasteiger partial charge on any atom is 0.160 e. The van der Waals surface area contributed by atoms with Crippen molar-refractivity contribution in [2.75, 3.05) is 0 Å². The van der Waals surface area contributed by atoms with Gasteiger partial charge >= 0.3 is 0 Å². The first-order valence-corrected chi connectivity index (χ1v) is 8.34. The number of pyridine rings is 1. The highest BCUT2D eigenvalue weighted by atomic mass is 35.5. The van der Waals surface area contributed by atoms with Crippen molar-refractivity contribution in [3.05, 3.63) is 39.7 Å². The van der Waals surface area contributed by atoms with E-state index < -0.39 is 0 Å². The minimum absolute atomic E-state index is 0.0864. The van der Waals surface area contributed by atoms with Gasteiger partial charge in [-0.15, -0.1) is 22.9 Å². The molecule has 3 aromatic rings. The average molecular weight is 321 g/mol. The van der Waals surface area contributed by atoms with Gasteiger partial charge in [0.1, 0.15) is 16.3 Å². The summed E-state index contributed by atoms with van der Waals surface area (Å²) in [6.07, 6.45) is 2.96. The number of imidazole rings is 1. The molecular weight excluding hydrogens is 304 g/mol. The van der Waals surface area contributed by atoms with E-state index in [0.29, 0.717) is 5.88 Å². The van der Waals surface area contributed by atoms with E-state index in [1.165, 1.54) is 4.88 Å². The number of aryl methyl sites for hydroxylation is 2. The van der Waals surface area contributed by atoms with E-state index in [1.807, 2.05) is 25.3 Å². The van der Waals surface area contributed by atoms with Crippen molar-refractivity contribution in [1.29, 1.82) is 0 Å². The molecule has 0 radical (unpaired) electrons. The zero-order valence-electron chi connectivity index (χ0n) is 12.3. The normalized spacial score (nSPS) is 13.0. The Hall–Kier alpha value is -1.46. The molecule has 21 heavy (non-hydrogen) atoms. The van der Waals surface area contributed by atoms with Gasteiger partial charge in [-0.2, -0.15) is 0 Å². The van der Waals surface area contributed by atoms with E-state index in [9.17, 15) is 0 Å². The third-order valence-corrected chi connectivity index (χ3v) is 5.08. The van der Waals surface area contributed by atoms with Crippen LogP contribution in [0.4, 0.5) is 0 Å². The van der Waals surface area contributed by atoms with Gasteiger partial charge in [0.05, 0.1) is 11.9 Å². The van der Waals surface area contributed by atoms with Crippen LogP contribution in [0.3, 0.4) is 0 Å². The largest absolute Gasteiger partial charge is 0.302 e. The van der Waals surface area contributed by atoms with Gasteiger partial charge in [0, 0.05) is 16.8 Å². The molecule has 0 aliphatic carbocycles. The molecule has 0 amide bonds. The van der Waals surface area contributed by atoms with Crippen LogP contribution in [0.15, 0.2) is 18.3 Å². The zero-order valence-corrected chi connectivity index (χ0v) is 13.9. The van der Waals surface area contributed by atoms with Gasteiger partial charge in [0.25, 0.3) is 0 Å². The third-order valence-electron chi connectivity index (χ3n) is 3.53. The molecule has 4 nitrogen and oxygen atoms in total. The molecule has 110 valence electrons. The predicted octanol–water partition coefficient (Wildman–Crippen LogP) is 4.11. The summed E-state index contributed by atoms with van der Waals surface area (Å²) in [5.74, 6) is 1.21. The van der Waals surface area contributed by atoms with Gasteiger partial charge in [-0.3, -0.25) is 0 Å². The van der Waals surface area contributed by atoms with E-state index in [0.717, 1.165) is 34.1 Å². The number of thiazole rings is 1. The lowest BCUT2D eigenvalue weighted by Crippen LogP contribution is -2.10. The molecule has 1 atom stereocenters. The summed E-state index contributed by atoms with van der Waals surface area (Å²) in [7, 11) is 0. The van der Waals surface area contributed by atoms with Crippen LogP contribution in [0.25, 0.3) is 11.2 Å². The molecule has 0 N–H and O–H groups in total. The van der Waals surface area contributed by atoms with Crippen molar-refractivity contribution in [3.8, 4) is 0 Å². The van der Waals surface area contributed by atoms with Crippen LogP contribution >= 0.6 is 22.9 Å². The quantitative estimate of drug-likeness (QED) is 0.679. The van der Waals surface area contributed by atoms with Crippen molar-refractivity contribution in [2.24, 2.45) is 0 Å². The topological polar surface area (TPSA) is 43.6 Å². The van der Waals surface area contributed by atoms with Crippen molar-refractivity contribution in [1.82, 2.24) is 19.5 Å². The Bertz CT molecular complexity index is 777. The molecule has 3 heterocycles. The smallest absolute Gasteiger partial charge is 0.160 e. The molecule has 6 heteroatoms. The van der Waals surface area contributed by atoms with Gasteiger partial charge in [0.15, 0.2) is 5.65 Å². The summed E-state index contributed by atoms with van der Waals surface area (Å²) in [6, 6.07) is 4.06. The molecule has 0 aliphatic rings. The second-order valence-electron chi connectivity index (χ2n) is 5.02. The van der Waals surface area contributed by atoms with E-state index in [4.69, 9.17) is 11.6 Å². The van der Waals surface area contributed by atoms with Crippen LogP contribution in [-0.4, -0.2) is 19.5 Å². The second kappa shape index (κ2) is 5.73. The molecule has 1 unspecified atom stereocenters. The summed E-state index contributed by atoms with van der Waals surface area (Å²) >= 11 is 7.82. The molecular formula is C15H17ClN4S. The standard InChI is InChI=1S/C15H17ClN4S/c1-4-11-8-17-15(21-11)10(3)20-13(7-16)19-12-6-5-9(2)18-14(12)20/h5-6,8,10H,4,7H2,1-3H3. The van der Waals surface area contributed by atoms with Crippen molar-refractivity contribution in [3.63, 3.8) is 0 Å². The maximum absolute atomic E-state index is 6.08. The molecule has 3 aromatic heterocycles. The first-order chi connectivity index (χ1) is 10.1. The summed E-state index contributed by atoms with van der Waals surface area (Å²) in [5, 5.41) is 1.07. The van der Waals surface area contributed by atoms with Gasteiger partial charge < -0.3 is 4.57 Å². The Morgan fingerprint density at radius 2 is 2.14 bits per heavy atom. The maximum atomic E-state index is 6.08. The minimum atomic E-state index is 0.0864. The number of halogens is 1. The Labute approximate surface area is 132 Å². The highest BCUT2D eigenvalue weighted by molar-refractivity contribution is 7.11. The lowest BCUT2D eigenvalue weighted by molar-refractivity contribution is 0.624. The fraction of sp³-hybridized carbons (Fsp3) is 0.400. The van der Waals surface area contributed by atoms with Crippen LogP contribution in [0, 0.1) is 6.92 Å². The molecule has 0 fully saturated rings. The number of fused-ring (bicyclic) bond motifs is 1. The molecule has 0 spiro atoms. The Morgan fingerprint density at radius 1 is 1.33 bits per heavy atom. The molecule has 0 aromatic carbocycles. The highest BCUT2D eigenvalue weighted by Gasteiger charge is 2.20. The van der Waals surface area contributed by atoms with Crippen molar-refractivity contribution >= 4 is 34.1 Å². The molecule has 0 saturated heterocycles. The highest BCUT2D eigenvalue weighted by Crippen LogP contribution is 2.28. The monoisotopic (exact) mass is 320 g/mol. The first-order valence-electron chi connectivity index (χ1n) is 6.99. The molecule has 0 saturated carbocycles. The molecule has 3 rings (SSSR count). The van der Waals surface area contributed by atoms with Crippen LogP contribution in [-0.2, 0) is 12.3 Å². The number of rotatable bonds is 4. The number of nitrogens with zero attached hydrogens (tertiary/aromatic N) is 4. The third kappa shape index (κ3) is 2.56. The zero-order chi connectivity index (χ0) is 15.0. The van der Waals surface area contributed by atoms with Gasteiger partial charge in [-0.1, -0.05) is 6.92 Å². The van der Waals surface area contributed by atoms with Crippen LogP contribution < -0.4 is 0 Å². The van der Waals surface area contributed by atoms with E-state index in [-0.39, 0.29) is 6.04 Å². The fourth-order valence-electron chi connectivity index (χ4n) is 2.41. The summed E-state index contributed by atoms with van der Waals surface area (Å²) in [6.45, 7) is 6.25. The lowest BCUT2D eigenvalue weighted by atomic mass is 10.3. The Balaban J connectivity index is 2.15. The van der Waals surface area contributed by atoms with Gasteiger partial charge in [0.2, 0.25) is 0 Å². The Morgan fingerprint density at radius 3 is 2.81 bits per heavy atom. The van der Waals surface area contributed by atoms with Crippen molar-refractivity contribution in [2.45, 2.75) is 39.1 Å². The summed E-state index contributed by atoms with van der Waals surface area (Å²) < 4.78 is 2.10. The number of alkyl halides is 1. The second-order valence-corrected chi connectivity index (χ2v) is 6.44. The predicted molar refractivity (Wildman–Crippen MR) is 87.1 cm³/mol. The van der Waals surface area contributed by atoms with Gasteiger partial charge in [-0.25, -0.2) is 15.0 Å². The molecule has 0 bridgehead atoms. The number of aromatic nitrogens is 4. The first kappa shape index (κ1) is 14.5. The van der Waals surface area contributed by atoms with E-state index in [2.05, 4.69) is 33.4 Å². The van der Waals surface area contributed by atoms with Crippen LogP contribution in [0.2, 0.25) is 0 Å². The Kier molecular flexibility index (Phi) is 3.95. The fourth-order valence-corrected chi connectivity index (χ4v) is 3.49. The van der Waals surface area contributed by atoms with E-state index >= 15 is 0 Å². The van der Waals surface area contributed by atoms with Crippen LogP contribution in [0.1, 0.15) is 41.3 Å². The summed E-state index contributed by atoms with van der Waals surface area (Å²) in [4.78, 5) is 15.1. The van der Waals surface area contributed by atoms with Gasteiger partial charge in [-0.05, 0) is 32.4 Å².